The molecule has 0 fully saturated rings. The molecule has 0 unspecified atom stereocenters. The van der Waals surface area contributed by atoms with E-state index in [1.165, 1.54) is 12.4 Å². The Labute approximate surface area is 121 Å². The number of carbonyl (C=O) groups is 1. The lowest BCUT2D eigenvalue weighted by molar-refractivity contribution is 0.0955. The largest absolute Gasteiger partial charge is 0.505 e. The van der Waals surface area contributed by atoms with Crippen molar-refractivity contribution in [2.45, 2.75) is 13.5 Å². The number of hydrogen-bond acceptors (Lipinski definition) is 5. The number of hydrazone groups is 1. The van der Waals surface area contributed by atoms with Gasteiger partial charge in [-0.1, -0.05) is 18.2 Å². The highest BCUT2D eigenvalue weighted by atomic mass is 16.3. The third-order valence-corrected chi connectivity index (χ3v) is 2.92. The third-order valence-electron chi connectivity index (χ3n) is 2.92. The minimum atomic E-state index is -0.359. The molecule has 0 bridgehead atoms. The molecule has 1 aromatic carbocycles. The first-order chi connectivity index (χ1) is 10.1. The normalized spacial score (nSPS) is 10.8. The molecule has 0 aliphatic rings. The Morgan fingerprint density at radius 2 is 2.10 bits per heavy atom. The summed E-state index contributed by atoms with van der Waals surface area (Å²) in [5, 5.41) is 22.9. The lowest BCUT2D eigenvalue weighted by Crippen LogP contribution is -2.17. The molecule has 1 amide bonds. The summed E-state index contributed by atoms with van der Waals surface area (Å²) >= 11 is 0. The summed E-state index contributed by atoms with van der Waals surface area (Å²) in [5.41, 5.74) is 4.02. The van der Waals surface area contributed by atoms with Gasteiger partial charge in [-0.25, -0.2) is 5.43 Å². The number of carbonyl (C=O) groups excluding carboxylic acids is 1. The number of aliphatic hydroxyl groups is 1. The number of pyridine rings is 1. The van der Waals surface area contributed by atoms with Gasteiger partial charge in [0.25, 0.3) is 5.91 Å². The molecule has 0 aliphatic heterocycles. The Hall–Kier alpha value is -2.73. The second-order valence-corrected chi connectivity index (χ2v) is 4.35. The maximum Gasteiger partial charge on any atom is 0.271 e. The summed E-state index contributed by atoms with van der Waals surface area (Å²) in [7, 11) is 0. The zero-order valence-electron chi connectivity index (χ0n) is 11.4. The molecule has 0 aliphatic carbocycles. The van der Waals surface area contributed by atoms with Gasteiger partial charge in [-0.05, 0) is 19.1 Å². The Morgan fingerprint density at radius 1 is 1.38 bits per heavy atom. The second kappa shape index (κ2) is 6.62. The Bertz CT molecular complexity index is 669. The lowest BCUT2D eigenvalue weighted by Gasteiger charge is -2.07. The van der Waals surface area contributed by atoms with E-state index in [0.717, 1.165) is 0 Å². The van der Waals surface area contributed by atoms with Crippen LogP contribution in [0.15, 0.2) is 41.6 Å². The smallest absolute Gasteiger partial charge is 0.271 e. The zero-order chi connectivity index (χ0) is 15.2. The van der Waals surface area contributed by atoms with Crippen molar-refractivity contribution in [3.8, 4) is 5.75 Å². The molecule has 1 heterocycles. The van der Waals surface area contributed by atoms with Crippen molar-refractivity contribution in [2.75, 3.05) is 0 Å². The van der Waals surface area contributed by atoms with Crippen LogP contribution in [0.3, 0.4) is 0 Å². The standard InChI is InChI=1S/C15H15N3O3/c1-10-14(20)13(12(9-19)7-16-10)8-17-18-15(21)11-5-3-2-4-6-11/h2-8,19-20H,9H2,1H3,(H,18,21)/b17-8-. The molecule has 2 rings (SSSR count). The molecule has 0 saturated heterocycles. The van der Waals surface area contributed by atoms with Gasteiger partial charge in [-0.2, -0.15) is 5.10 Å². The summed E-state index contributed by atoms with van der Waals surface area (Å²) in [6.07, 6.45) is 2.74. The van der Waals surface area contributed by atoms with Crippen molar-refractivity contribution >= 4 is 12.1 Å². The van der Waals surface area contributed by atoms with Crippen molar-refractivity contribution in [2.24, 2.45) is 5.10 Å². The van der Waals surface area contributed by atoms with E-state index < -0.39 is 0 Å². The van der Waals surface area contributed by atoms with E-state index in [0.29, 0.717) is 22.4 Å². The topological polar surface area (TPSA) is 94.8 Å². The Balaban J connectivity index is 2.15. The van der Waals surface area contributed by atoms with Gasteiger partial charge < -0.3 is 10.2 Å². The van der Waals surface area contributed by atoms with E-state index in [4.69, 9.17) is 0 Å². The number of aromatic hydroxyl groups is 1. The molecule has 1 aromatic heterocycles. The fourth-order valence-corrected chi connectivity index (χ4v) is 1.73. The number of aryl methyl sites for hydroxylation is 1. The van der Waals surface area contributed by atoms with Gasteiger partial charge in [0.05, 0.1) is 18.5 Å². The van der Waals surface area contributed by atoms with Crippen molar-refractivity contribution in [1.82, 2.24) is 10.4 Å². The van der Waals surface area contributed by atoms with Gasteiger partial charge in [0.15, 0.2) is 0 Å². The fraction of sp³-hybridized carbons (Fsp3) is 0.133. The minimum absolute atomic E-state index is 0.0701. The van der Waals surface area contributed by atoms with Crippen LogP contribution < -0.4 is 5.43 Å². The van der Waals surface area contributed by atoms with Crippen LogP contribution in [0.4, 0.5) is 0 Å². The summed E-state index contributed by atoms with van der Waals surface area (Å²) in [6.45, 7) is 1.35. The number of nitrogens with zero attached hydrogens (tertiary/aromatic N) is 2. The highest BCUT2D eigenvalue weighted by Crippen LogP contribution is 2.21. The Kier molecular flexibility index (Phi) is 4.63. The maximum absolute atomic E-state index is 11.8. The maximum atomic E-state index is 11.8. The fourth-order valence-electron chi connectivity index (χ4n) is 1.73. The van der Waals surface area contributed by atoms with Crippen molar-refractivity contribution in [3.05, 3.63) is 58.9 Å². The number of nitrogens with one attached hydrogen (secondary N) is 1. The molecule has 0 radical (unpaired) electrons. The van der Waals surface area contributed by atoms with Crippen LogP contribution in [-0.4, -0.2) is 27.3 Å². The molecular weight excluding hydrogens is 270 g/mol. The molecule has 3 N–H and O–H groups in total. The van der Waals surface area contributed by atoms with Gasteiger partial charge in [0.1, 0.15) is 5.75 Å². The van der Waals surface area contributed by atoms with Gasteiger partial charge >= 0.3 is 0 Å². The van der Waals surface area contributed by atoms with Gasteiger partial charge in [0, 0.05) is 22.9 Å². The molecule has 2 aromatic rings. The predicted molar refractivity (Wildman–Crippen MR) is 78.1 cm³/mol. The van der Waals surface area contributed by atoms with E-state index in [9.17, 15) is 15.0 Å². The number of aromatic nitrogens is 1. The minimum Gasteiger partial charge on any atom is -0.505 e. The van der Waals surface area contributed by atoms with Crippen LogP contribution >= 0.6 is 0 Å². The van der Waals surface area contributed by atoms with Crippen molar-refractivity contribution < 1.29 is 15.0 Å². The summed E-state index contributed by atoms with van der Waals surface area (Å²) in [4.78, 5) is 15.7. The number of rotatable bonds is 4. The highest BCUT2D eigenvalue weighted by Gasteiger charge is 2.09. The van der Waals surface area contributed by atoms with Gasteiger partial charge in [-0.3, -0.25) is 9.78 Å². The molecule has 0 atom stereocenters. The van der Waals surface area contributed by atoms with Crippen LogP contribution in [0.1, 0.15) is 27.2 Å². The van der Waals surface area contributed by atoms with Crippen LogP contribution in [0, 0.1) is 6.92 Å². The second-order valence-electron chi connectivity index (χ2n) is 4.35. The third kappa shape index (κ3) is 3.43. The molecule has 0 spiro atoms. The average Bonchev–Trinajstić information content (AvgIpc) is 2.52. The molecule has 21 heavy (non-hydrogen) atoms. The number of benzene rings is 1. The van der Waals surface area contributed by atoms with Crippen LogP contribution in [-0.2, 0) is 6.61 Å². The van der Waals surface area contributed by atoms with E-state index >= 15 is 0 Å². The zero-order valence-corrected chi connectivity index (χ0v) is 11.4. The first-order valence-corrected chi connectivity index (χ1v) is 6.30. The van der Waals surface area contributed by atoms with E-state index in [2.05, 4.69) is 15.5 Å². The highest BCUT2D eigenvalue weighted by molar-refractivity contribution is 5.95. The summed E-state index contributed by atoms with van der Waals surface area (Å²) in [6, 6.07) is 8.64. The van der Waals surface area contributed by atoms with Gasteiger partial charge in [-0.15, -0.1) is 0 Å². The number of hydrogen-bond donors (Lipinski definition) is 3. The van der Waals surface area contributed by atoms with Crippen molar-refractivity contribution in [1.29, 1.82) is 0 Å². The van der Waals surface area contributed by atoms with Crippen LogP contribution in [0.5, 0.6) is 5.75 Å². The Morgan fingerprint density at radius 3 is 2.76 bits per heavy atom. The summed E-state index contributed by atoms with van der Waals surface area (Å²) < 4.78 is 0. The first-order valence-electron chi connectivity index (χ1n) is 6.30. The average molecular weight is 285 g/mol. The lowest BCUT2D eigenvalue weighted by atomic mass is 10.1. The van der Waals surface area contributed by atoms with E-state index in [1.54, 1.807) is 31.2 Å². The van der Waals surface area contributed by atoms with Crippen LogP contribution in [0.2, 0.25) is 0 Å². The van der Waals surface area contributed by atoms with Crippen molar-refractivity contribution in [3.63, 3.8) is 0 Å². The monoisotopic (exact) mass is 285 g/mol. The SMILES string of the molecule is Cc1ncc(CO)c(/C=N\NC(=O)c2ccccc2)c1O. The number of amides is 1. The summed E-state index contributed by atoms with van der Waals surface area (Å²) in [5.74, 6) is -0.429. The van der Waals surface area contributed by atoms with Gasteiger partial charge in [0.2, 0.25) is 0 Å². The molecule has 0 saturated carbocycles. The molecule has 108 valence electrons. The predicted octanol–water partition coefficient (Wildman–Crippen LogP) is 1.35. The van der Waals surface area contributed by atoms with E-state index in [-0.39, 0.29) is 18.3 Å². The van der Waals surface area contributed by atoms with E-state index in [1.807, 2.05) is 6.07 Å². The number of aliphatic hydroxyl groups excluding tert-OH is 1. The quantitative estimate of drug-likeness (QED) is 0.584. The van der Waals surface area contributed by atoms with Crippen LogP contribution in [0.25, 0.3) is 0 Å². The first kappa shape index (κ1) is 14.7. The molecular formula is C15H15N3O3. The molecule has 6 nitrogen and oxygen atoms in total. The molecule has 6 heteroatoms.